The number of fused-ring (bicyclic) bond motifs is 1. The second kappa shape index (κ2) is 6.38. The van der Waals surface area contributed by atoms with Gasteiger partial charge in [0.2, 0.25) is 11.8 Å². The van der Waals surface area contributed by atoms with Crippen molar-refractivity contribution in [2.75, 3.05) is 28.1 Å². The Hall–Kier alpha value is -2.87. The number of amides is 2. The molecule has 2 amide bonds. The van der Waals surface area contributed by atoms with Gasteiger partial charge in [0.15, 0.2) is 0 Å². The summed E-state index contributed by atoms with van der Waals surface area (Å²) in [5.74, 6) is 0.0283. The number of carbonyl (C=O) groups excluding carboxylic acids is 2. The van der Waals surface area contributed by atoms with Crippen molar-refractivity contribution in [3.8, 4) is 0 Å². The van der Waals surface area contributed by atoms with Crippen molar-refractivity contribution in [1.29, 1.82) is 0 Å². The molecule has 0 saturated carbocycles. The number of carbonyl (C=O) groups is 2. The van der Waals surface area contributed by atoms with Gasteiger partial charge in [0, 0.05) is 37.1 Å². The minimum Gasteiger partial charge on any atom is -0.315 e. The lowest BCUT2D eigenvalue weighted by atomic mass is 10.2. The average Bonchev–Trinajstić information content (AvgIpc) is 3.18. The van der Waals surface area contributed by atoms with Crippen LogP contribution >= 0.6 is 0 Å². The van der Waals surface area contributed by atoms with E-state index in [-0.39, 0.29) is 23.1 Å². The molecule has 1 fully saturated rings. The van der Waals surface area contributed by atoms with Gasteiger partial charge in [0.25, 0.3) is 10.0 Å². The molecule has 2 heterocycles. The van der Waals surface area contributed by atoms with Crippen LogP contribution in [0.5, 0.6) is 0 Å². The molecule has 4 rings (SSSR count). The highest BCUT2D eigenvalue weighted by Gasteiger charge is 2.26. The molecule has 27 heavy (non-hydrogen) atoms. The van der Waals surface area contributed by atoms with Crippen LogP contribution in [-0.2, 0) is 26.0 Å². The average molecular weight is 385 g/mol. The number of sulfonamides is 1. The lowest BCUT2D eigenvalue weighted by molar-refractivity contribution is -0.117. The van der Waals surface area contributed by atoms with E-state index in [0.717, 1.165) is 17.8 Å². The molecule has 1 saturated heterocycles. The van der Waals surface area contributed by atoms with E-state index < -0.39 is 10.0 Å². The first-order valence-electron chi connectivity index (χ1n) is 8.68. The van der Waals surface area contributed by atoms with E-state index in [9.17, 15) is 18.0 Å². The zero-order valence-corrected chi connectivity index (χ0v) is 15.6. The number of hydrogen-bond donors (Lipinski definition) is 1. The largest absolute Gasteiger partial charge is 0.315 e. The first-order chi connectivity index (χ1) is 12.8. The van der Waals surface area contributed by atoms with Crippen molar-refractivity contribution >= 4 is 38.9 Å². The molecule has 0 aliphatic carbocycles. The van der Waals surface area contributed by atoms with Crippen LogP contribution in [0.15, 0.2) is 47.4 Å². The topological polar surface area (TPSA) is 86.8 Å². The van der Waals surface area contributed by atoms with Crippen LogP contribution in [0.25, 0.3) is 0 Å². The Morgan fingerprint density at radius 2 is 1.74 bits per heavy atom. The van der Waals surface area contributed by atoms with Gasteiger partial charge in [-0.2, -0.15) is 0 Å². The molecule has 0 spiro atoms. The van der Waals surface area contributed by atoms with E-state index in [0.29, 0.717) is 24.2 Å². The molecule has 2 aromatic rings. The normalized spacial score (nSPS) is 16.8. The van der Waals surface area contributed by atoms with E-state index in [1.165, 1.54) is 17.0 Å². The third-order valence-electron chi connectivity index (χ3n) is 4.94. The zero-order valence-electron chi connectivity index (χ0n) is 14.8. The summed E-state index contributed by atoms with van der Waals surface area (Å²) < 4.78 is 27.9. The first-order valence-corrected chi connectivity index (χ1v) is 10.2. The van der Waals surface area contributed by atoms with Crippen LogP contribution in [0.1, 0.15) is 18.4 Å². The molecule has 2 aromatic carbocycles. The Morgan fingerprint density at radius 3 is 2.41 bits per heavy atom. The molecule has 1 N–H and O–H groups in total. The molecule has 0 atom stereocenters. The predicted molar refractivity (Wildman–Crippen MR) is 102 cm³/mol. The third-order valence-corrected chi connectivity index (χ3v) is 6.32. The van der Waals surface area contributed by atoms with E-state index in [2.05, 4.69) is 4.72 Å². The molecule has 8 heteroatoms. The minimum absolute atomic E-state index is 0.0560. The third kappa shape index (κ3) is 3.16. The van der Waals surface area contributed by atoms with Crippen LogP contribution in [0.3, 0.4) is 0 Å². The smallest absolute Gasteiger partial charge is 0.261 e. The van der Waals surface area contributed by atoms with Crippen LogP contribution in [0.4, 0.5) is 17.1 Å². The van der Waals surface area contributed by atoms with Crippen LogP contribution in [0.2, 0.25) is 0 Å². The molecule has 140 valence electrons. The Kier molecular flexibility index (Phi) is 4.15. The Bertz CT molecular complexity index is 1030. The second-order valence-electron chi connectivity index (χ2n) is 6.72. The maximum absolute atomic E-state index is 12.7. The predicted octanol–water partition coefficient (Wildman–Crippen LogP) is 2.13. The highest BCUT2D eigenvalue weighted by Crippen LogP contribution is 2.30. The lowest BCUT2D eigenvalue weighted by Gasteiger charge is -2.16. The van der Waals surface area contributed by atoms with Gasteiger partial charge in [-0.05, 0) is 54.4 Å². The highest BCUT2D eigenvalue weighted by molar-refractivity contribution is 7.92. The van der Waals surface area contributed by atoms with E-state index in [1.54, 1.807) is 42.3 Å². The fourth-order valence-corrected chi connectivity index (χ4v) is 4.57. The van der Waals surface area contributed by atoms with Crippen molar-refractivity contribution in [1.82, 2.24) is 0 Å². The van der Waals surface area contributed by atoms with Crippen molar-refractivity contribution < 1.29 is 18.0 Å². The van der Waals surface area contributed by atoms with E-state index in [1.807, 2.05) is 0 Å². The summed E-state index contributed by atoms with van der Waals surface area (Å²) in [6.45, 7) is 0.687. The summed E-state index contributed by atoms with van der Waals surface area (Å²) >= 11 is 0. The maximum atomic E-state index is 12.7. The van der Waals surface area contributed by atoms with Gasteiger partial charge in [-0.15, -0.1) is 0 Å². The summed E-state index contributed by atoms with van der Waals surface area (Å²) in [6, 6.07) is 11.4. The number of nitrogens with one attached hydrogen (secondary N) is 1. The SMILES string of the molecule is CN1C(=O)Cc2cc(S(=O)(=O)Nc3ccc(N4CCCC4=O)cc3)ccc21. The number of likely N-dealkylation sites (N-methyl/N-ethyl adjacent to an activating group) is 1. The van der Waals surface area contributed by atoms with Gasteiger partial charge >= 0.3 is 0 Å². The Labute approximate surface area is 157 Å². The zero-order chi connectivity index (χ0) is 19.2. The summed E-state index contributed by atoms with van der Waals surface area (Å²) in [6.07, 6.45) is 1.58. The van der Waals surface area contributed by atoms with Crippen molar-refractivity contribution in [2.45, 2.75) is 24.2 Å². The number of anilines is 3. The lowest BCUT2D eigenvalue weighted by Crippen LogP contribution is -2.23. The fraction of sp³-hybridized carbons (Fsp3) is 0.263. The first kappa shape index (κ1) is 17.5. The number of hydrogen-bond acceptors (Lipinski definition) is 4. The maximum Gasteiger partial charge on any atom is 0.261 e. The quantitative estimate of drug-likeness (QED) is 0.874. The fourth-order valence-electron chi connectivity index (χ4n) is 3.46. The van der Waals surface area contributed by atoms with Crippen molar-refractivity contribution in [2.24, 2.45) is 0 Å². The van der Waals surface area contributed by atoms with Crippen molar-refractivity contribution in [3.63, 3.8) is 0 Å². The van der Waals surface area contributed by atoms with Crippen LogP contribution in [0, 0.1) is 0 Å². The van der Waals surface area contributed by atoms with Gasteiger partial charge in [0.1, 0.15) is 0 Å². The monoisotopic (exact) mass is 385 g/mol. The Morgan fingerprint density at radius 1 is 1.00 bits per heavy atom. The molecular weight excluding hydrogens is 366 g/mol. The summed E-state index contributed by atoms with van der Waals surface area (Å²) in [7, 11) is -2.10. The van der Waals surface area contributed by atoms with Gasteiger partial charge < -0.3 is 9.80 Å². The van der Waals surface area contributed by atoms with Crippen LogP contribution < -0.4 is 14.5 Å². The standard InChI is InChI=1S/C19H19N3O4S/c1-21-17-9-8-16(11-13(17)12-19(21)24)27(25,26)20-14-4-6-15(7-5-14)22-10-2-3-18(22)23/h4-9,11,20H,2-3,10,12H2,1H3. The van der Waals surface area contributed by atoms with Gasteiger partial charge in [0.05, 0.1) is 11.3 Å². The summed E-state index contributed by atoms with van der Waals surface area (Å²) in [5, 5.41) is 0. The number of nitrogens with zero attached hydrogens (tertiary/aromatic N) is 2. The molecule has 0 aromatic heterocycles. The molecule has 0 unspecified atom stereocenters. The molecule has 2 aliphatic heterocycles. The minimum atomic E-state index is -3.77. The molecule has 7 nitrogen and oxygen atoms in total. The molecule has 0 radical (unpaired) electrons. The number of benzene rings is 2. The summed E-state index contributed by atoms with van der Waals surface area (Å²) in [4.78, 5) is 26.9. The Balaban J connectivity index is 1.55. The van der Waals surface area contributed by atoms with Gasteiger partial charge in [-0.3, -0.25) is 14.3 Å². The van der Waals surface area contributed by atoms with E-state index >= 15 is 0 Å². The number of rotatable bonds is 4. The van der Waals surface area contributed by atoms with Gasteiger partial charge in [-0.25, -0.2) is 8.42 Å². The van der Waals surface area contributed by atoms with E-state index in [4.69, 9.17) is 0 Å². The van der Waals surface area contributed by atoms with Gasteiger partial charge in [-0.1, -0.05) is 0 Å². The summed E-state index contributed by atoms with van der Waals surface area (Å²) in [5.41, 5.74) is 2.62. The van der Waals surface area contributed by atoms with Crippen molar-refractivity contribution in [3.05, 3.63) is 48.0 Å². The molecular formula is C19H19N3O4S. The second-order valence-corrected chi connectivity index (χ2v) is 8.40. The molecule has 2 aliphatic rings. The highest BCUT2D eigenvalue weighted by atomic mass is 32.2. The molecule has 0 bridgehead atoms. The van der Waals surface area contributed by atoms with Crippen LogP contribution in [-0.4, -0.2) is 33.8 Å².